The van der Waals surface area contributed by atoms with Crippen LogP contribution in [0.1, 0.15) is 6.42 Å². The van der Waals surface area contributed by atoms with Gasteiger partial charge in [0.25, 0.3) is 0 Å². The molecule has 0 aliphatic carbocycles. The van der Waals surface area contributed by atoms with E-state index >= 15 is 0 Å². The van der Waals surface area contributed by atoms with Crippen molar-refractivity contribution >= 4 is 11.8 Å². The minimum atomic E-state index is 0.843. The van der Waals surface area contributed by atoms with Gasteiger partial charge < -0.3 is 10.2 Å². The molecule has 1 fully saturated rings. The van der Waals surface area contributed by atoms with E-state index in [4.69, 9.17) is 6.42 Å². The van der Waals surface area contributed by atoms with Crippen LogP contribution >= 0.6 is 11.8 Å². The van der Waals surface area contributed by atoms with Gasteiger partial charge >= 0.3 is 0 Å². The maximum Gasteiger partial charge on any atom is 0.0211 e. The Morgan fingerprint density at radius 3 is 2.77 bits per heavy atom. The number of nitrogens with zero attached hydrogens (tertiary/aromatic N) is 1. The SMILES string of the molecule is C#CCCNCCN1CCSCC1. The highest BCUT2D eigenvalue weighted by Gasteiger charge is 2.08. The molecule has 0 aromatic rings. The van der Waals surface area contributed by atoms with Crippen molar-refractivity contribution in [1.82, 2.24) is 10.2 Å². The first kappa shape index (κ1) is 10.9. The van der Waals surface area contributed by atoms with Gasteiger partial charge in [-0.05, 0) is 0 Å². The van der Waals surface area contributed by atoms with E-state index < -0.39 is 0 Å². The Balaban J connectivity index is 1.90. The lowest BCUT2D eigenvalue weighted by Crippen LogP contribution is -2.37. The van der Waals surface area contributed by atoms with Gasteiger partial charge in [-0.2, -0.15) is 11.8 Å². The highest BCUT2D eigenvalue weighted by Crippen LogP contribution is 2.07. The molecule has 0 saturated carbocycles. The second-order valence-corrected chi connectivity index (χ2v) is 4.38. The van der Waals surface area contributed by atoms with Crippen LogP contribution in [-0.4, -0.2) is 49.1 Å². The maximum atomic E-state index is 5.15. The predicted octanol–water partition coefficient (Wildman–Crippen LogP) is 0.648. The third kappa shape index (κ3) is 5.20. The largest absolute Gasteiger partial charge is 0.315 e. The fraction of sp³-hybridized carbons (Fsp3) is 0.800. The molecule has 0 unspecified atom stereocenters. The molecule has 1 aliphatic rings. The first-order chi connectivity index (χ1) is 6.43. The zero-order chi connectivity index (χ0) is 9.36. The van der Waals surface area contributed by atoms with Crippen molar-refractivity contribution in [1.29, 1.82) is 0 Å². The molecule has 3 heteroatoms. The van der Waals surface area contributed by atoms with Gasteiger partial charge in [0.15, 0.2) is 0 Å². The van der Waals surface area contributed by atoms with Crippen molar-refractivity contribution in [3.05, 3.63) is 0 Å². The monoisotopic (exact) mass is 198 g/mol. The number of hydrogen-bond acceptors (Lipinski definition) is 3. The van der Waals surface area contributed by atoms with Gasteiger partial charge in [0.05, 0.1) is 0 Å². The van der Waals surface area contributed by atoms with Gasteiger partial charge in [0.1, 0.15) is 0 Å². The van der Waals surface area contributed by atoms with Crippen molar-refractivity contribution in [2.75, 3.05) is 44.2 Å². The minimum absolute atomic E-state index is 0.843. The van der Waals surface area contributed by atoms with Gasteiger partial charge in [-0.1, -0.05) is 0 Å². The lowest BCUT2D eigenvalue weighted by Gasteiger charge is -2.25. The highest BCUT2D eigenvalue weighted by molar-refractivity contribution is 7.99. The number of nitrogens with one attached hydrogen (secondary N) is 1. The molecule has 0 aromatic carbocycles. The molecule has 1 N–H and O–H groups in total. The average Bonchev–Trinajstić information content (AvgIpc) is 2.19. The molecule has 13 heavy (non-hydrogen) atoms. The highest BCUT2D eigenvalue weighted by atomic mass is 32.2. The lowest BCUT2D eigenvalue weighted by atomic mass is 10.4. The molecular formula is C10H18N2S. The summed E-state index contributed by atoms with van der Waals surface area (Å²) in [6, 6.07) is 0. The number of terminal acetylenes is 1. The summed E-state index contributed by atoms with van der Waals surface area (Å²) in [6.07, 6.45) is 5.99. The standard InChI is InChI=1S/C10H18N2S/c1-2-3-4-11-5-6-12-7-9-13-10-8-12/h1,11H,3-10H2. The fourth-order valence-corrected chi connectivity index (χ4v) is 2.33. The van der Waals surface area contributed by atoms with E-state index in [9.17, 15) is 0 Å². The van der Waals surface area contributed by atoms with Gasteiger partial charge in [0.2, 0.25) is 0 Å². The van der Waals surface area contributed by atoms with Crippen LogP contribution in [-0.2, 0) is 0 Å². The molecule has 2 nitrogen and oxygen atoms in total. The summed E-state index contributed by atoms with van der Waals surface area (Å²) in [4.78, 5) is 2.51. The Hall–Kier alpha value is -0.170. The normalized spacial score (nSPS) is 18.4. The topological polar surface area (TPSA) is 15.3 Å². The molecule has 1 saturated heterocycles. The quantitative estimate of drug-likeness (QED) is 0.516. The third-order valence-electron chi connectivity index (χ3n) is 2.15. The van der Waals surface area contributed by atoms with E-state index in [0.717, 1.165) is 19.5 Å². The van der Waals surface area contributed by atoms with Crippen LogP contribution in [0.15, 0.2) is 0 Å². The van der Waals surface area contributed by atoms with Crippen LogP contribution in [0.5, 0.6) is 0 Å². The third-order valence-corrected chi connectivity index (χ3v) is 3.10. The number of thioether (sulfide) groups is 1. The number of rotatable bonds is 5. The summed E-state index contributed by atoms with van der Waals surface area (Å²) in [6.45, 7) is 5.71. The van der Waals surface area contributed by atoms with E-state index in [1.54, 1.807) is 0 Å². The lowest BCUT2D eigenvalue weighted by molar-refractivity contribution is 0.302. The van der Waals surface area contributed by atoms with Gasteiger partial charge in [-0.15, -0.1) is 12.3 Å². The van der Waals surface area contributed by atoms with Crippen LogP contribution in [0, 0.1) is 12.3 Å². The Morgan fingerprint density at radius 2 is 2.08 bits per heavy atom. The molecule has 0 radical (unpaired) electrons. The predicted molar refractivity (Wildman–Crippen MR) is 60.1 cm³/mol. The van der Waals surface area contributed by atoms with E-state index in [-0.39, 0.29) is 0 Å². The minimum Gasteiger partial charge on any atom is -0.315 e. The Labute approximate surface area is 85.4 Å². The van der Waals surface area contributed by atoms with Crippen molar-refractivity contribution in [3.8, 4) is 12.3 Å². The van der Waals surface area contributed by atoms with Crippen molar-refractivity contribution in [2.24, 2.45) is 0 Å². The van der Waals surface area contributed by atoms with Crippen LogP contribution < -0.4 is 5.32 Å². The summed E-state index contributed by atoms with van der Waals surface area (Å²) in [5, 5.41) is 3.34. The Kier molecular flexibility index (Phi) is 6.09. The maximum absolute atomic E-state index is 5.15. The van der Waals surface area contributed by atoms with Crippen LogP contribution in [0.2, 0.25) is 0 Å². The van der Waals surface area contributed by atoms with E-state index in [0.29, 0.717) is 0 Å². The summed E-state index contributed by atoms with van der Waals surface area (Å²) in [5.74, 6) is 5.22. The number of hydrogen-bond donors (Lipinski definition) is 1. The van der Waals surface area contributed by atoms with Crippen molar-refractivity contribution in [2.45, 2.75) is 6.42 Å². The molecule has 0 aromatic heterocycles. The van der Waals surface area contributed by atoms with Crippen molar-refractivity contribution < 1.29 is 0 Å². The van der Waals surface area contributed by atoms with Crippen molar-refractivity contribution in [3.63, 3.8) is 0 Å². The Morgan fingerprint density at radius 1 is 1.31 bits per heavy atom. The molecular weight excluding hydrogens is 180 g/mol. The molecule has 74 valence electrons. The first-order valence-corrected chi connectivity index (χ1v) is 6.03. The Bertz CT molecular complexity index is 159. The van der Waals surface area contributed by atoms with E-state index in [1.807, 2.05) is 0 Å². The molecule has 1 aliphatic heterocycles. The van der Waals surface area contributed by atoms with E-state index in [1.165, 1.54) is 31.1 Å². The summed E-state index contributed by atoms with van der Waals surface area (Å²) < 4.78 is 0. The fourth-order valence-electron chi connectivity index (χ4n) is 1.35. The molecule has 1 rings (SSSR count). The van der Waals surface area contributed by atoms with E-state index in [2.05, 4.69) is 27.9 Å². The average molecular weight is 198 g/mol. The van der Waals surface area contributed by atoms with Crippen LogP contribution in [0.25, 0.3) is 0 Å². The second kappa shape index (κ2) is 7.25. The van der Waals surface area contributed by atoms with Crippen LogP contribution in [0.3, 0.4) is 0 Å². The molecule has 1 heterocycles. The first-order valence-electron chi connectivity index (χ1n) is 4.88. The molecule has 0 spiro atoms. The smallest absolute Gasteiger partial charge is 0.0211 e. The molecule has 0 amide bonds. The van der Waals surface area contributed by atoms with Gasteiger partial charge in [0, 0.05) is 50.7 Å². The summed E-state index contributed by atoms with van der Waals surface area (Å²) >= 11 is 2.06. The second-order valence-electron chi connectivity index (χ2n) is 3.16. The zero-order valence-electron chi connectivity index (χ0n) is 8.09. The summed E-state index contributed by atoms with van der Waals surface area (Å²) in [7, 11) is 0. The zero-order valence-corrected chi connectivity index (χ0v) is 8.91. The molecule has 0 atom stereocenters. The van der Waals surface area contributed by atoms with Gasteiger partial charge in [-0.25, -0.2) is 0 Å². The van der Waals surface area contributed by atoms with Crippen LogP contribution in [0.4, 0.5) is 0 Å². The van der Waals surface area contributed by atoms with Gasteiger partial charge in [-0.3, -0.25) is 0 Å². The summed E-state index contributed by atoms with van der Waals surface area (Å²) in [5.41, 5.74) is 0. The molecule has 0 bridgehead atoms.